The Kier molecular flexibility index (Phi) is 3.57. The van der Waals surface area contributed by atoms with Crippen LogP contribution in [0.2, 0.25) is 0 Å². The lowest BCUT2D eigenvalue weighted by Crippen LogP contribution is -2.44. The number of nitrogen functional groups attached to an aromatic ring is 1. The molecule has 1 heterocycles. The van der Waals surface area contributed by atoms with Crippen LogP contribution in [0.15, 0.2) is 18.2 Å². The van der Waals surface area contributed by atoms with Crippen LogP contribution in [0, 0.1) is 12.8 Å². The van der Waals surface area contributed by atoms with Crippen LogP contribution in [-0.4, -0.2) is 26.3 Å². The van der Waals surface area contributed by atoms with Crippen LogP contribution in [0.3, 0.4) is 0 Å². The molecule has 1 aromatic carbocycles. The summed E-state index contributed by atoms with van der Waals surface area (Å²) < 4.78 is 5.54. The standard InChI is InChI=1S/C14H22N2O/c1-10-4-5-13(12(15)8-10)16-7-6-11(2)14(9-16)17-3/h4-5,8,11,14H,6-7,9,15H2,1-3H3. The van der Waals surface area contributed by atoms with E-state index in [-0.39, 0.29) is 0 Å². The Hall–Kier alpha value is -1.22. The third kappa shape index (κ3) is 2.55. The molecule has 1 aliphatic heterocycles. The maximum atomic E-state index is 6.09. The summed E-state index contributed by atoms with van der Waals surface area (Å²) in [5.41, 5.74) is 9.31. The first-order valence-electron chi connectivity index (χ1n) is 6.25. The molecule has 17 heavy (non-hydrogen) atoms. The van der Waals surface area contributed by atoms with Crippen molar-refractivity contribution in [2.24, 2.45) is 5.92 Å². The highest BCUT2D eigenvalue weighted by Gasteiger charge is 2.26. The highest BCUT2D eigenvalue weighted by Crippen LogP contribution is 2.29. The van der Waals surface area contributed by atoms with Crippen LogP contribution in [0.5, 0.6) is 0 Å². The number of methoxy groups -OCH3 is 1. The van der Waals surface area contributed by atoms with Gasteiger partial charge in [0, 0.05) is 20.2 Å². The van der Waals surface area contributed by atoms with Gasteiger partial charge in [-0.2, -0.15) is 0 Å². The molecule has 0 radical (unpaired) electrons. The molecule has 0 bridgehead atoms. The van der Waals surface area contributed by atoms with Gasteiger partial charge in [-0.15, -0.1) is 0 Å². The van der Waals surface area contributed by atoms with Gasteiger partial charge in [0.2, 0.25) is 0 Å². The minimum atomic E-state index is 0.310. The topological polar surface area (TPSA) is 38.5 Å². The maximum Gasteiger partial charge on any atom is 0.0772 e. The number of ether oxygens (including phenoxy) is 1. The summed E-state index contributed by atoms with van der Waals surface area (Å²) in [6.07, 6.45) is 1.47. The molecule has 0 spiro atoms. The lowest BCUT2D eigenvalue weighted by Gasteiger charge is -2.38. The zero-order valence-corrected chi connectivity index (χ0v) is 10.9. The summed E-state index contributed by atoms with van der Waals surface area (Å²) in [6.45, 7) is 6.32. The zero-order valence-electron chi connectivity index (χ0n) is 10.9. The Morgan fingerprint density at radius 1 is 1.41 bits per heavy atom. The predicted molar refractivity (Wildman–Crippen MR) is 72.4 cm³/mol. The number of anilines is 2. The van der Waals surface area contributed by atoms with Crippen molar-refractivity contribution in [3.05, 3.63) is 23.8 Å². The smallest absolute Gasteiger partial charge is 0.0772 e. The van der Waals surface area contributed by atoms with Gasteiger partial charge in [-0.25, -0.2) is 0 Å². The van der Waals surface area contributed by atoms with Crippen molar-refractivity contribution in [2.45, 2.75) is 26.4 Å². The van der Waals surface area contributed by atoms with Gasteiger partial charge in [0.25, 0.3) is 0 Å². The number of benzene rings is 1. The molecule has 2 N–H and O–H groups in total. The summed E-state index contributed by atoms with van der Waals surface area (Å²) in [6, 6.07) is 6.27. The summed E-state index contributed by atoms with van der Waals surface area (Å²) in [4.78, 5) is 2.34. The number of rotatable bonds is 2. The monoisotopic (exact) mass is 234 g/mol. The lowest BCUT2D eigenvalue weighted by molar-refractivity contribution is 0.0499. The quantitative estimate of drug-likeness (QED) is 0.799. The fraction of sp³-hybridized carbons (Fsp3) is 0.571. The highest BCUT2D eigenvalue weighted by molar-refractivity contribution is 5.68. The molecule has 1 aromatic rings. The summed E-state index contributed by atoms with van der Waals surface area (Å²) in [5.74, 6) is 0.628. The van der Waals surface area contributed by atoms with E-state index in [0.29, 0.717) is 12.0 Å². The lowest BCUT2D eigenvalue weighted by atomic mass is 9.95. The van der Waals surface area contributed by atoms with Gasteiger partial charge >= 0.3 is 0 Å². The third-order valence-electron chi connectivity index (χ3n) is 3.72. The maximum absolute atomic E-state index is 6.09. The second-order valence-corrected chi connectivity index (χ2v) is 5.05. The minimum absolute atomic E-state index is 0.310. The summed E-state index contributed by atoms with van der Waals surface area (Å²) in [7, 11) is 1.79. The van der Waals surface area contributed by atoms with Gasteiger partial charge in [0.15, 0.2) is 0 Å². The Labute approximate surface area is 104 Å². The number of nitrogens with zero attached hydrogens (tertiary/aromatic N) is 1. The van der Waals surface area contributed by atoms with Crippen LogP contribution in [0.25, 0.3) is 0 Å². The second-order valence-electron chi connectivity index (χ2n) is 5.05. The van der Waals surface area contributed by atoms with Gasteiger partial charge in [-0.1, -0.05) is 13.0 Å². The normalized spacial score (nSPS) is 25.0. The first-order chi connectivity index (χ1) is 8.11. The second kappa shape index (κ2) is 4.96. The Balaban J connectivity index is 2.17. The average Bonchev–Trinajstić information content (AvgIpc) is 2.30. The first kappa shape index (κ1) is 12.2. The molecule has 0 amide bonds. The van der Waals surface area contributed by atoms with Gasteiger partial charge in [-0.3, -0.25) is 0 Å². The number of piperidine rings is 1. The van der Waals surface area contributed by atoms with Crippen molar-refractivity contribution < 1.29 is 4.74 Å². The van der Waals surface area contributed by atoms with Crippen molar-refractivity contribution in [3.8, 4) is 0 Å². The molecule has 1 saturated heterocycles. The van der Waals surface area contributed by atoms with Gasteiger partial charge in [0.05, 0.1) is 17.5 Å². The fourth-order valence-electron chi connectivity index (χ4n) is 2.52. The van der Waals surface area contributed by atoms with Crippen molar-refractivity contribution in [1.29, 1.82) is 0 Å². The predicted octanol–water partition coefficient (Wildman–Crippen LogP) is 2.44. The van der Waals surface area contributed by atoms with E-state index in [0.717, 1.165) is 30.9 Å². The molecule has 3 heteroatoms. The molecular formula is C14H22N2O. The van der Waals surface area contributed by atoms with Gasteiger partial charge in [-0.05, 0) is 37.0 Å². The molecule has 2 rings (SSSR count). The Bertz CT molecular complexity index is 392. The van der Waals surface area contributed by atoms with Crippen LogP contribution in [0.1, 0.15) is 18.9 Å². The van der Waals surface area contributed by atoms with Crippen LogP contribution in [0.4, 0.5) is 11.4 Å². The van der Waals surface area contributed by atoms with Crippen molar-refractivity contribution in [3.63, 3.8) is 0 Å². The molecule has 94 valence electrons. The van der Waals surface area contributed by atoms with E-state index in [1.54, 1.807) is 7.11 Å². The SMILES string of the molecule is COC1CN(c2ccc(C)cc2N)CCC1C. The Morgan fingerprint density at radius 3 is 2.82 bits per heavy atom. The minimum Gasteiger partial charge on any atom is -0.397 e. The van der Waals surface area contributed by atoms with Crippen molar-refractivity contribution in [1.82, 2.24) is 0 Å². The molecule has 0 saturated carbocycles. The Morgan fingerprint density at radius 2 is 2.18 bits per heavy atom. The van der Waals surface area contributed by atoms with E-state index in [4.69, 9.17) is 10.5 Å². The van der Waals surface area contributed by atoms with E-state index >= 15 is 0 Å². The van der Waals surface area contributed by atoms with Crippen molar-refractivity contribution in [2.75, 3.05) is 30.8 Å². The van der Waals surface area contributed by atoms with Crippen LogP contribution in [-0.2, 0) is 4.74 Å². The van der Waals surface area contributed by atoms with Crippen LogP contribution < -0.4 is 10.6 Å². The van der Waals surface area contributed by atoms with E-state index in [2.05, 4.69) is 30.9 Å². The molecule has 3 nitrogen and oxygen atoms in total. The van der Waals surface area contributed by atoms with Gasteiger partial charge in [0.1, 0.15) is 0 Å². The number of nitrogens with two attached hydrogens (primary N) is 1. The first-order valence-corrected chi connectivity index (χ1v) is 6.25. The molecule has 0 aromatic heterocycles. The van der Waals surface area contributed by atoms with E-state index < -0.39 is 0 Å². The largest absolute Gasteiger partial charge is 0.397 e. The average molecular weight is 234 g/mol. The highest BCUT2D eigenvalue weighted by atomic mass is 16.5. The molecule has 1 aliphatic rings. The van der Waals surface area contributed by atoms with E-state index in [1.807, 2.05) is 6.07 Å². The molecule has 2 unspecified atom stereocenters. The molecule has 1 fully saturated rings. The third-order valence-corrected chi connectivity index (χ3v) is 3.72. The van der Waals surface area contributed by atoms with E-state index in [9.17, 15) is 0 Å². The number of aryl methyl sites for hydroxylation is 1. The van der Waals surface area contributed by atoms with Gasteiger partial charge < -0.3 is 15.4 Å². The summed E-state index contributed by atoms with van der Waals surface area (Å²) >= 11 is 0. The molecule has 2 atom stereocenters. The van der Waals surface area contributed by atoms with Crippen molar-refractivity contribution >= 4 is 11.4 Å². The molecule has 0 aliphatic carbocycles. The molecular weight excluding hydrogens is 212 g/mol. The fourth-order valence-corrected chi connectivity index (χ4v) is 2.52. The zero-order chi connectivity index (χ0) is 12.4. The number of hydrogen-bond acceptors (Lipinski definition) is 3. The number of hydrogen-bond donors (Lipinski definition) is 1. The van der Waals surface area contributed by atoms with E-state index in [1.165, 1.54) is 5.56 Å². The summed E-state index contributed by atoms with van der Waals surface area (Å²) in [5, 5.41) is 0. The van der Waals surface area contributed by atoms with Crippen LogP contribution >= 0.6 is 0 Å².